The monoisotopic (exact) mass is 252 g/mol. The summed E-state index contributed by atoms with van der Waals surface area (Å²) in [7, 11) is 0. The number of hydrogen-bond acceptors (Lipinski definition) is 7. The average Bonchev–Trinajstić information content (AvgIpc) is 2.25. The lowest BCUT2D eigenvalue weighted by Crippen LogP contribution is -2.23. The summed E-state index contributed by atoms with van der Waals surface area (Å²) in [5.41, 5.74) is 2.41. The number of hydrogen-bond donors (Lipinski definition) is 3. The molecule has 0 bridgehead atoms. The van der Waals surface area contributed by atoms with Crippen molar-refractivity contribution < 1.29 is 4.74 Å². The minimum Gasteiger partial charge on any atom is -0.461 e. The number of rotatable bonds is 6. The number of aromatic nitrogens is 3. The fourth-order valence-electron chi connectivity index (χ4n) is 1.70. The lowest BCUT2D eigenvalue weighted by molar-refractivity contribution is 0.222. The summed E-state index contributed by atoms with van der Waals surface area (Å²) < 4.78 is 5.45. The zero-order valence-electron chi connectivity index (χ0n) is 10.8. The van der Waals surface area contributed by atoms with E-state index in [0.29, 0.717) is 11.9 Å². The van der Waals surface area contributed by atoms with Gasteiger partial charge in [-0.15, -0.1) is 0 Å². The first-order chi connectivity index (χ1) is 8.67. The number of nitrogens with one attached hydrogen (secondary N) is 2. The van der Waals surface area contributed by atoms with Crippen molar-refractivity contribution in [2.24, 2.45) is 11.8 Å². The number of nitrogen functional groups attached to an aromatic ring is 1. The summed E-state index contributed by atoms with van der Waals surface area (Å²) in [4.78, 5) is 12.4. The lowest BCUT2D eigenvalue weighted by Gasteiger charge is -2.25. The van der Waals surface area contributed by atoms with E-state index in [9.17, 15) is 0 Å². The molecule has 1 aromatic heterocycles. The van der Waals surface area contributed by atoms with E-state index in [2.05, 4.69) is 25.7 Å². The van der Waals surface area contributed by atoms with Crippen LogP contribution in [0.1, 0.15) is 33.1 Å². The van der Waals surface area contributed by atoms with Crippen molar-refractivity contribution in [3.63, 3.8) is 0 Å². The molecule has 1 aliphatic rings. The van der Waals surface area contributed by atoms with Crippen molar-refractivity contribution >= 4 is 11.9 Å². The van der Waals surface area contributed by atoms with E-state index in [0.717, 1.165) is 12.5 Å². The second-order valence-electron chi connectivity index (χ2n) is 4.75. The smallest absolute Gasteiger partial charge is 0.323 e. The summed E-state index contributed by atoms with van der Waals surface area (Å²) >= 11 is 0. The minimum absolute atomic E-state index is 0.0116. The van der Waals surface area contributed by atoms with Gasteiger partial charge in [0.25, 0.3) is 0 Å². The Hall–Kier alpha value is -1.63. The van der Waals surface area contributed by atoms with E-state index in [1.807, 2.05) is 13.8 Å². The first-order valence-corrected chi connectivity index (χ1v) is 6.30. The van der Waals surface area contributed by atoms with Crippen LogP contribution >= 0.6 is 0 Å². The Morgan fingerprint density at radius 3 is 2.56 bits per heavy atom. The normalized spacial score (nSPS) is 15.3. The first kappa shape index (κ1) is 12.8. The van der Waals surface area contributed by atoms with Crippen LogP contribution < -0.4 is 21.3 Å². The van der Waals surface area contributed by atoms with Crippen LogP contribution in [0.4, 0.5) is 11.9 Å². The molecule has 1 aromatic rings. The zero-order valence-corrected chi connectivity index (χ0v) is 10.8. The van der Waals surface area contributed by atoms with Gasteiger partial charge in [0.1, 0.15) is 0 Å². The van der Waals surface area contributed by atoms with Gasteiger partial charge in [-0.1, -0.05) is 6.42 Å². The van der Waals surface area contributed by atoms with E-state index in [1.165, 1.54) is 19.3 Å². The van der Waals surface area contributed by atoms with Crippen LogP contribution in [-0.2, 0) is 0 Å². The third-order valence-corrected chi connectivity index (χ3v) is 2.86. The molecule has 1 heterocycles. The summed E-state index contributed by atoms with van der Waals surface area (Å²) in [5, 5.41) is 3.20. The topological polar surface area (TPSA) is 98.0 Å². The summed E-state index contributed by atoms with van der Waals surface area (Å²) in [6.45, 7) is 4.72. The second-order valence-corrected chi connectivity index (χ2v) is 4.75. The van der Waals surface area contributed by atoms with Crippen LogP contribution in [0.25, 0.3) is 0 Å². The fraction of sp³-hybridized carbons (Fsp3) is 0.727. The standard InChI is InChI=1S/C11H20N6O/c1-7(2)18-11-15-9(14-10(16-11)17-12)13-6-8-4-3-5-8/h7-8H,3-6,12H2,1-2H3,(H2,13,14,15,16,17). The molecular weight excluding hydrogens is 232 g/mol. The molecule has 0 saturated heterocycles. The molecule has 1 fully saturated rings. The van der Waals surface area contributed by atoms with E-state index < -0.39 is 0 Å². The van der Waals surface area contributed by atoms with E-state index >= 15 is 0 Å². The van der Waals surface area contributed by atoms with Crippen molar-refractivity contribution in [3.8, 4) is 6.01 Å². The van der Waals surface area contributed by atoms with Crippen LogP contribution in [0.2, 0.25) is 0 Å². The maximum Gasteiger partial charge on any atom is 0.323 e. The van der Waals surface area contributed by atoms with Gasteiger partial charge >= 0.3 is 6.01 Å². The van der Waals surface area contributed by atoms with Crippen molar-refractivity contribution in [2.75, 3.05) is 17.3 Å². The summed E-state index contributed by atoms with van der Waals surface area (Å²) in [6.07, 6.45) is 3.88. The van der Waals surface area contributed by atoms with Crippen molar-refractivity contribution in [3.05, 3.63) is 0 Å². The van der Waals surface area contributed by atoms with Crippen molar-refractivity contribution in [1.82, 2.24) is 15.0 Å². The van der Waals surface area contributed by atoms with Gasteiger partial charge in [-0.2, -0.15) is 15.0 Å². The highest BCUT2D eigenvalue weighted by Gasteiger charge is 2.17. The van der Waals surface area contributed by atoms with Gasteiger partial charge in [-0.3, -0.25) is 5.43 Å². The third kappa shape index (κ3) is 3.43. The molecule has 0 atom stereocenters. The predicted molar refractivity (Wildman–Crippen MR) is 69.2 cm³/mol. The average molecular weight is 252 g/mol. The van der Waals surface area contributed by atoms with E-state index in [4.69, 9.17) is 10.6 Å². The third-order valence-electron chi connectivity index (χ3n) is 2.86. The number of anilines is 2. The molecule has 7 heteroatoms. The highest BCUT2D eigenvalue weighted by Crippen LogP contribution is 2.26. The molecule has 18 heavy (non-hydrogen) atoms. The number of nitrogens with zero attached hydrogens (tertiary/aromatic N) is 3. The molecule has 2 rings (SSSR count). The van der Waals surface area contributed by atoms with Crippen molar-refractivity contribution in [1.29, 1.82) is 0 Å². The fourth-order valence-corrected chi connectivity index (χ4v) is 1.70. The van der Waals surface area contributed by atoms with Crippen LogP contribution in [0, 0.1) is 5.92 Å². The number of nitrogens with two attached hydrogens (primary N) is 1. The molecule has 0 aromatic carbocycles. The van der Waals surface area contributed by atoms with Gasteiger partial charge in [-0.25, -0.2) is 5.84 Å². The first-order valence-electron chi connectivity index (χ1n) is 6.30. The largest absolute Gasteiger partial charge is 0.461 e. The van der Waals surface area contributed by atoms with Gasteiger partial charge in [0.2, 0.25) is 11.9 Å². The van der Waals surface area contributed by atoms with E-state index in [-0.39, 0.29) is 12.1 Å². The Morgan fingerprint density at radius 2 is 2.00 bits per heavy atom. The van der Waals surface area contributed by atoms with Crippen LogP contribution in [0.15, 0.2) is 0 Å². The van der Waals surface area contributed by atoms with Crippen LogP contribution in [-0.4, -0.2) is 27.6 Å². The predicted octanol–water partition coefficient (Wildman–Crippen LogP) is 1.16. The molecule has 4 N–H and O–H groups in total. The Kier molecular flexibility index (Phi) is 4.14. The van der Waals surface area contributed by atoms with Crippen LogP contribution in [0.3, 0.4) is 0 Å². The van der Waals surface area contributed by atoms with Gasteiger partial charge < -0.3 is 10.1 Å². The molecule has 0 unspecified atom stereocenters. The summed E-state index contributed by atoms with van der Waals surface area (Å²) in [6, 6.07) is 0.282. The highest BCUT2D eigenvalue weighted by molar-refractivity contribution is 5.35. The zero-order chi connectivity index (χ0) is 13.0. The Labute approximate surface area is 107 Å². The Bertz CT molecular complexity index is 393. The minimum atomic E-state index is 0.0116. The van der Waals surface area contributed by atoms with Gasteiger partial charge in [0, 0.05) is 6.54 Å². The molecular formula is C11H20N6O. The molecule has 1 saturated carbocycles. The van der Waals surface area contributed by atoms with Gasteiger partial charge in [0.05, 0.1) is 6.10 Å². The molecule has 1 aliphatic carbocycles. The molecule has 100 valence electrons. The molecule has 0 amide bonds. The summed E-state index contributed by atoms with van der Waals surface area (Å²) in [5.74, 6) is 6.86. The molecule has 0 radical (unpaired) electrons. The Balaban J connectivity index is 2.02. The second kappa shape index (κ2) is 5.81. The molecule has 0 spiro atoms. The van der Waals surface area contributed by atoms with Crippen molar-refractivity contribution in [2.45, 2.75) is 39.2 Å². The number of ether oxygens (including phenoxy) is 1. The lowest BCUT2D eigenvalue weighted by atomic mass is 9.85. The van der Waals surface area contributed by atoms with Crippen LogP contribution in [0.5, 0.6) is 6.01 Å². The molecule has 0 aliphatic heterocycles. The highest BCUT2D eigenvalue weighted by atomic mass is 16.5. The maximum absolute atomic E-state index is 5.45. The SMILES string of the molecule is CC(C)Oc1nc(NN)nc(NCC2CCC2)n1. The van der Waals surface area contributed by atoms with E-state index in [1.54, 1.807) is 0 Å². The van der Waals surface area contributed by atoms with Gasteiger partial charge in [-0.05, 0) is 32.6 Å². The van der Waals surface area contributed by atoms with Gasteiger partial charge in [0.15, 0.2) is 0 Å². The maximum atomic E-state index is 5.45. The Morgan fingerprint density at radius 1 is 1.28 bits per heavy atom. The number of hydrazine groups is 1. The molecule has 7 nitrogen and oxygen atoms in total. The quantitative estimate of drug-likeness (QED) is 0.516.